The molecule has 1 rings (SSSR count). The molecule has 106 valence electrons. The highest BCUT2D eigenvalue weighted by Gasteiger charge is 2.21. The van der Waals surface area contributed by atoms with Crippen molar-refractivity contribution in [3.8, 4) is 0 Å². The number of para-hydroxylation sites is 1. The third-order valence-corrected chi connectivity index (χ3v) is 3.53. The van der Waals surface area contributed by atoms with Crippen molar-refractivity contribution >= 4 is 23.2 Å². The highest BCUT2D eigenvalue weighted by molar-refractivity contribution is 6.33. The van der Waals surface area contributed by atoms with Gasteiger partial charge in [0.1, 0.15) is 0 Å². The Labute approximate surface area is 119 Å². The Morgan fingerprint density at radius 2 is 1.95 bits per heavy atom. The number of hydrogen-bond acceptors (Lipinski definition) is 3. The average molecular weight is 285 g/mol. The first-order valence-corrected chi connectivity index (χ1v) is 6.86. The van der Waals surface area contributed by atoms with E-state index in [1.54, 1.807) is 18.2 Å². The summed E-state index contributed by atoms with van der Waals surface area (Å²) in [6.07, 6.45) is 1.31. The molecule has 1 aromatic rings. The van der Waals surface area contributed by atoms with Crippen LogP contribution in [-0.4, -0.2) is 29.7 Å². The molecule has 0 fully saturated rings. The van der Waals surface area contributed by atoms with Gasteiger partial charge in [-0.15, -0.1) is 0 Å². The molecule has 0 atom stereocenters. The third kappa shape index (κ3) is 5.19. The van der Waals surface area contributed by atoms with Crippen LogP contribution in [0, 0.1) is 0 Å². The molecule has 1 aromatic carbocycles. The quantitative estimate of drug-likeness (QED) is 0.721. The molecule has 0 saturated heterocycles. The second-order valence-electron chi connectivity index (χ2n) is 4.56. The van der Waals surface area contributed by atoms with Crippen LogP contribution in [-0.2, 0) is 4.79 Å². The molecule has 0 bridgehead atoms. The van der Waals surface area contributed by atoms with Crippen molar-refractivity contribution in [3.63, 3.8) is 0 Å². The van der Waals surface area contributed by atoms with Crippen LogP contribution in [0.2, 0.25) is 5.02 Å². The van der Waals surface area contributed by atoms with Gasteiger partial charge < -0.3 is 15.7 Å². The van der Waals surface area contributed by atoms with E-state index in [0.29, 0.717) is 30.1 Å². The Hall–Kier alpha value is -1.10. The Morgan fingerprint density at radius 1 is 1.32 bits per heavy atom. The van der Waals surface area contributed by atoms with E-state index in [9.17, 15) is 9.90 Å². The van der Waals surface area contributed by atoms with Gasteiger partial charge >= 0.3 is 0 Å². The van der Waals surface area contributed by atoms with Gasteiger partial charge in [0.15, 0.2) is 0 Å². The van der Waals surface area contributed by atoms with Crippen molar-refractivity contribution in [2.45, 2.75) is 32.3 Å². The van der Waals surface area contributed by atoms with Crippen LogP contribution in [0.1, 0.15) is 26.7 Å². The van der Waals surface area contributed by atoms with Crippen molar-refractivity contribution in [2.24, 2.45) is 0 Å². The van der Waals surface area contributed by atoms with Gasteiger partial charge in [-0.1, -0.05) is 37.6 Å². The van der Waals surface area contributed by atoms with Crippen molar-refractivity contribution in [1.82, 2.24) is 5.32 Å². The fourth-order valence-electron chi connectivity index (χ4n) is 1.67. The fourth-order valence-corrected chi connectivity index (χ4v) is 1.85. The molecule has 0 aromatic heterocycles. The Balaban J connectivity index is 2.39. The molecule has 4 nitrogen and oxygen atoms in total. The van der Waals surface area contributed by atoms with Crippen molar-refractivity contribution in [2.75, 3.05) is 18.4 Å². The average Bonchev–Trinajstić information content (AvgIpc) is 2.41. The van der Waals surface area contributed by atoms with Gasteiger partial charge in [-0.3, -0.25) is 4.79 Å². The van der Waals surface area contributed by atoms with Crippen LogP contribution in [0.4, 0.5) is 5.69 Å². The van der Waals surface area contributed by atoms with E-state index < -0.39 is 5.60 Å². The lowest BCUT2D eigenvalue weighted by Gasteiger charge is -2.25. The summed E-state index contributed by atoms with van der Waals surface area (Å²) in [6, 6.07) is 7.08. The van der Waals surface area contributed by atoms with E-state index in [1.807, 2.05) is 19.9 Å². The second kappa shape index (κ2) is 7.48. The number of carbonyl (C=O) groups excluding carboxylic acids is 1. The Bertz CT molecular complexity index is 420. The summed E-state index contributed by atoms with van der Waals surface area (Å²) in [6.45, 7) is 4.40. The molecule has 0 aliphatic heterocycles. The molecular weight excluding hydrogens is 264 g/mol. The molecule has 0 saturated carbocycles. The highest BCUT2D eigenvalue weighted by atomic mass is 35.5. The minimum atomic E-state index is -0.745. The number of amides is 1. The van der Waals surface area contributed by atoms with Gasteiger partial charge in [0.05, 0.1) is 22.9 Å². The van der Waals surface area contributed by atoms with E-state index in [-0.39, 0.29) is 12.5 Å². The first-order valence-electron chi connectivity index (χ1n) is 6.48. The summed E-state index contributed by atoms with van der Waals surface area (Å²) in [7, 11) is 0. The van der Waals surface area contributed by atoms with E-state index in [4.69, 9.17) is 11.6 Å². The zero-order valence-electron chi connectivity index (χ0n) is 11.4. The SMILES string of the molecule is CCC(O)(CC)CNCC(=O)Nc1ccccc1Cl. The lowest BCUT2D eigenvalue weighted by molar-refractivity contribution is -0.115. The Kier molecular flexibility index (Phi) is 6.28. The standard InChI is InChI=1S/C14H21ClN2O2/c1-3-14(19,4-2)10-16-9-13(18)17-12-8-6-5-7-11(12)15/h5-8,16,19H,3-4,9-10H2,1-2H3,(H,17,18). The molecule has 0 aliphatic rings. The first-order chi connectivity index (χ1) is 9.00. The van der Waals surface area contributed by atoms with Gasteiger partial charge in [0, 0.05) is 6.54 Å². The maximum absolute atomic E-state index is 11.7. The smallest absolute Gasteiger partial charge is 0.238 e. The van der Waals surface area contributed by atoms with Crippen LogP contribution < -0.4 is 10.6 Å². The van der Waals surface area contributed by atoms with Gasteiger partial charge in [-0.25, -0.2) is 0 Å². The van der Waals surface area contributed by atoms with Crippen LogP contribution in [0.5, 0.6) is 0 Å². The molecular formula is C14H21ClN2O2. The fraction of sp³-hybridized carbons (Fsp3) is 0.500. The largest absolute Gasteiger partial charge is 0.389 e. The summed E-state index contributed by atoms with van der Waals surface area (Å²) in [5.74, 6) is -0.178. The summed E-state index contributed by atoms with van der Waals surface area (Å²) in [5, 5.41) is 16.2. The first kappa shape index (κ1) is 16.0. The molecule has 0 radical (unpaired) electrons. The van der Waals surface area contributed by atoms with E-state index in [0.717, 1.165) is 0 Å². The minimum Gasteiger partial charge on any atom is -0.389 e. The van der Waals surface area contributed by atoms with E-state index in [1.165, 1.54) is 0 Å². The van der Waals surface area contributed by atoms with Gasteiger partial charge in [-0.05, 0) is 25.0 Å². The number of benzene rings is 1. The number of hydrogen-bond donors (Lipinski definition) is 3. The normalized spacial score (nSPS) is 11.4. The number of carbonyl (C=O) groups is 1. The third-order valence-electron chi connectivity index (χ3n) is 3.20. The van der Waals surface area contributed by atoms with E-state index >= 15 is 0 Å². The molecule has 3 N–H and O–H groups in total. The van der Waals surface area contributed by atoms with Gasteiger partial charge in [-0.2, -0.15) is 0 Å². The monoisotopic (exact) mass is 284 g/mol. The maximum Gasteiger partial charge on any atom is 0.238 e. The zero-order chi connectivity index (χ0) is 14.3. The molecule has 1 amide bonds. The number of halogens is 1. The number of nitrogens with one attached hydrogen (secondary N) is 2. The zero-order valence-corrected chi connectivity index (χ0v) is 12.1. The minimum absolute atomic E-state index is 0.146. The maximum atomic E-state index is 11.7. The molecule has 0 aliphatic carbocycles. The number of rotatable bonds is 7. The van der Waals surface area contributed by atoms with Gasteiger partial charge in [0.25, 0.3) is 0 Å². The molecule has 0 unspecified atom stereocenters. The van der Waals surface area contributed by atoms with Crippen LogP contribution in [0.25, 0.3) is 0 Å². The van der Waals surface area contributed by atoms with E-state index in [2.05, 4.69) is 10.6 Å². The lowest BCUT2D eigenvalue weighted by atomic mass is 9.98. The Morgan fingerprint density at radius 3 is 2.53 bits per heavy atom. The predicted octanol–water partition coefficient (Wildman–Crippen LogP) is 2.42. The summed E-state index contributed by atoms with van der Waals surface area (Å²) in [5.41, 5.74) is -0.151. The second-order valence-corrected chi connectivity index (χ2v) is 4.97. The van der Waals surface area contributed by atoms with Crippen LogP contribution >= 0.6 is 11.6 Å². The van der Waals surface area contributed by atoms with Crippen LogP contribution in [0.15, 0.2) is 24.3 Å². The van der Waals surface area contributed by atoms with Gasteiger partial charge in [0.2, 0.25) is 5.91 Å². The van der Waals surface area contributed by atoms with Crippen molar-refractivity contribution in [1.29, 1.82) is 0 Å². The molecule has 5 heteroatoms. The van der Waals surface area contributed by atoms with Crippen molar-refractivity contribution < 1.29 is 9.90 Å². The predicted molar refractivity (Wildman–Crippen MR) is 78.5 cm³/mol. The summed E-state index contributed by atoms with van der Waals surface area (Å²) >= 11 is 5.94. The summed E-state index contributed by atoms with van der Waals surface area (Å²) < 4.78 is 0. The topological polar surface area (TPSA) is 61.4 Å². The molecule has 19 heavy (non-hydrogen) atoms. The molecule has 0 heterocycles. The number of aliphatic hydroxyl groups is 1. The highest BCUT2D eigenvalue weighted by Crippen LogP contribution is 2.20. The van der Waals surface area contributed by atoms with Crippen molar-refractivity contribution in [3.05, 3.63) is 29.3 Å². The van der Waals surface area contributed by atoms with Crippen LogP contribution in [0.3, 0.4) is 0 Å². The molecule has 0 spiro atoms. The summed E-state index contributed by atoms with van der Waals surface area (Å²) in [4.78, 5) is 11.7. The lowest BCUT2D eigenvalue weighted by Crippen LogP contribution is -2.42. The number of anilines is 1.